The molecule has 0 heterocycles. The predicted molar refractivity (Wildman–Crippen MR) is 25.5 cm³/mol. The number of hydrogen-bond acceptors (Lipinski definition) is 2. The van der Waals surface area contributed by atoms with Gasteiger partial charge in [0.15, 0.2) is 0 Å². The molecule has 2 N–H and O–H groups in total. The van der Waals surface area contributed by atoms with Gasteiger partial charge in [-0.3, -0.25) is 4.79 Å². The van der Waals surface area contributed by atoms with Crippen LogP contribution in [0.1, 0.15) is 13.8 Å². The smallest absolute Gasteiger partial charge is 0.218 e. The summed E-state index contributed by atoms with van der Waals surface area (Å²) in [5, 5.41) is 10.6. The molecule has 0 saturated carbocycles. The van der Waals surface area contributed by atoms with E-state index in [0.717, 1.165) is 0 Å². The maximum absolute atomic E-state index is 9.98. The molecule has 3 nitrogen and oxygen atoms in total. The molecule has 0 spiro atoms. The molecular weight excluding hydrogens is 94.0 g/mol. The third kappa shape index (κ3) is 5.43. The molecule has 3 heteroatoms. The van der Waals surface area contributed by atoms with Crippen LogP contribution in [0.25, 0.3) is 0 Å². The Hall–Kier alpha value is -0.570. The van der Waals surface area contributed by atoms with Crippen LogP contribution in [-0.2, 0) is 4.79 Å². The zero-order chi connectivity index (χ0) is 5.86. The second-order valence-corrected chi connectivity index (χ2v) is 1.38. The van der Waals surface area contributed by atoms with Crippen LogP contribution in [0.3, 0.4) is 0 Å². The minimum absolute atomic E-state index is 0.213. The van der Waals surface area contributed by atoms with Crippen LogP contribution in [-0.4, -0.2) is 17.2 Å². The molecule has 0 aromatic rings. The summed E-state index contributed by atoms with van der Waals surface area (Å²) in [5.74, 6) is -0.213. The van der Waals surface area contributed by atoms with Gasteiger partial charge in [0.1, 0.15) is 6.23 Å². The Balaban J connectivity index is 3.13. The van der Waals surface area contributed by atoms with Gasteiger partial charge in [0.05, 0.1) is 0 Å². The highest BCUT2D eigenvalue weighted by Gasteiger charge is 1.92. The molecular formula is C4H9NO2. The van der Waals surface area contributed by atoms with Crippen molar-refractivity contribution in [1.29, 1.82) is 0 Å². The third-order valence-corrected chi connectivity index (χ3v) is 0.412. The van der Waals surface area contributed by atoms with Crippen molar-refractivity contribution in [3.05, 3.63) is 0 Å². The maximum atomic E-state index is 9.98. The molecule has 0 rings (SSSR count). The Morgan fingerprint density at radius 2 is 2.29 bits per heavy atom. The zero-order valence-electron chi connectivity index (χ0n) is 4.43. The standard InChI is InChI=1S/C4H9NO2/c1-3(6)5-4(2)7/h3,6H,1-2H3,(H,5,7). The Bertz CT molecular complexity index is 70.1. The van der Waals surface area contributed by atoms with Gasteiger partial charge in [0.25, 0.3) is 0 Å². The van der Waals surface area contributed by atoms with Gasteiger partial charge < -0.3 is 10.4 Å². The second-order valence-electron chi connectivity index (χ2n) is 1.38. The molecule has 1 amide bonds. The number of carbonyl (C=O) groups is 1. The van der Waals surface area contributed by atoms with Crippen molar-refractivity contribution in [3.63, 3.8) is 0 Å². The quantitative estimate of drug-likeness (QED) is 0.438. The number of carbonyl (C=O) groups excluding carboxylic acids is 1. The van der Waals surface area contributed by atoms with Crippen LogP contribution < -0.4 is 5.32 Å². The lowest BCUT2D eigenvalue weighted by Gasteiger charge is -2.01. The van der Waals surface area contributed by atoms with Gasteiger partial charge in [-0.25, -0.2) is 0 Å². The maximum Gasteiger partial charge on any atom is 0.218 e. The Kier molecular flexibility index (Phi) is 2.37. The predicted octanol–water partition coefficient (Wildman–Crippen LogP) is -0.539. The van der Waals surface area contributed by atoms with Crippen LogP contribution in [0.4, 0.5) is 0 Å². The second kappa shape index (κ2) is 2.58. The van der Waals surface area contributed by atoms with E-state index in [-0.39, 0.29) is 5.91 Å². The molecule has 0 aromatic carbocycles. The van der Waals surface area contributed by atoms with Crippen molar-refractivity contribution in [2.24, 2.45) is 0 Å². The van der Waals surface area contributed by atoms with Gasteiger partial charge in [-0.1, -0.05) is 0 Å². The first-order valence-corrected chi connectivity index (χ1v) is 2.08. The van der Waals surface area contributed by atoms with E-state index in [1.165, 1.54) is 13.8 Å². The summed E-state index contributed by atoms with van der Waals surface area (Å²) < 4.78 is 0. The number of aliphatic hydroxyl groups excluding tert-OH is 1. The van der Waals surface area contributed by atoms with Gasteiger partial charge in [-0.15, -0.1) is 0 Å². The molecule has 1 unspecified atom stereocenters. The number of rotatable bonds is 1. The van der Waals surface area contributed by atoms with Crippen molar-refractivity contribution >= 4 is 5.91 Å². The topological polar surface area (TPSA) is 49.3 Å². The molecule has 42 valence electrons. The molecule has 0 radical (unpaired) electrons. The Morgan fingerprint density at radius 1 is 1.86 bits per heavy atom. The summed E-state index contributed by atoms with van der Waals surface area (Å²) in [6, 6.07) is 0. The minimum Gasteiger partial charge on any atom is -0.374 e. The first-order valence-electron chi connectivity index (χ1n) is 2.08. The fraction of sp³-hybridized carbons (Fsp3) is 0.750. The Labute approximate surface area is 42.3 Å². The number of aliphatic hydroxyl groups is 1. The van der Waals surface area contributed by atoms with E-state index >= 15 is 0 Å². The van der Waals surface area contributed by atoms with E-state index in [1.807, 2.05) is 0 Å². The highest BCUT2D eigenvalue weighted by molar-refractivity contribution is 5.72. The summed E-state index contributed by atoms with van der Waals surface area (Å²) in [5.41, 5.74) is 0. The summed E-state index contributed by atoms with van der Waals surface area (Å²) in [6.45, 7) is 2.84. The molecule has 0 aliphatic rings. The van der Waals surface area contributed by atoms with Crippen molar-refractivity contribution in [3.8, 4) is 0 Å². The summed E-state index contributed by atoms with van der Waals surface area (Å²) in [6.07, 6.45) is -0.725. The fourth-order valence-corrected chi connectivity index (χ4v) is 0.294. The van der Waals surface area contributed by atoms with Gasteiger partial charge in [0.2, 0.25) is 5.91 Å². The van der Waals surface area contributed by atoms with Crippen LogP contribution in [0.15, 0.2) is 0 Å². The molecule has 0 aliphatic heterocycles. The minimum atomic E-state index is -0.725. The molecule has 0 saturated heterocycles. The molecule has 0 fully saturated rings. The lowest BCUT2D eigenvalue weighted by molar-refractivity contribution is -0.121. The van der Waals surface area contributed by atoms with Crippen molar-refractivity contribution in [2.75, 3.05) is 0 Å². The average Bonchev–Trinajstić information content (AvgIpc) is 1.27. The monoisotopic (exact) mass is 103 g/mol. The van der Waals surface area contributed by atoms with Crippen molar-refractivity contribution in [2.45, 2.75) is 20.1 Å². The molecule has 0 aliphatic carbocycles. The van der Waals surface area contributed by atoms with Crippen molar-refractivity contribution in [1.82, 2.24) is 5.32 Å². The Morgan fingerprint density at radius 3 is 2.29 bits per heavy atom. The summed E-state index contributed by atoms with van der Waals surface area (Å²) >= 11 is 0. The average molecular weight is 103 g/mol. The van der Waals surface area contributed by atoms with Crippen LogP contribution in [0.2, 0.25) is 0 Å². The third-order valence-electron chi connectivity index (χ3n) is 0.412. The summed E-state index contributed by atoms with van der Waals surface area (Å²) in [4.78, 5) is 9.98. The number of amides is 1. The van der Waals surface area contributed by atoms with E-state index in [0.29, 0.717) is 0 Å². The largest absolute Gasteiger partial charge is 0.374 e. The highest BCUT2D eigenvalue weighted by Crippen LogP contribution is 1.68. The van der Waals surface area contributed by atoms with Gasteiger partial charge in [-0.05, 0) is 6.92 Å². The molecule has 0 aromatic heterocycles. The first kappa shape index (κ1) is 6.43. The molecule has 0 bridgehead atoms. The highest BCUT2D eigenvalue weighted by atomic mass is 16.3. The lowest BCUT2D eigenvalue weighted by atomic mass is 10.6. The lowest BCUT2D eigenvalue weighted by Crippen LogP contribution is -2.29. The SMILES string of the molecule is CC(=O)NC(C)O. The number of hydrogen-bond donors (Lipinski definition) is 2. The van der Waals surface area contributed by atoms with E-state index < -0.39 is 6.23 Å². The van der Waals surface area contributed by atoms with E-state index in [1.54, 1.807) is 0 Å². The number of nitrogens with one attached hydrogen (secondary N) is 1. The molecule has 7 heavy (non-hydrogen) atoms. The normalized spacial score (nSPS) is 13.0. The fourth-order valence-electron chi connectivity index (χ4n) is 0.294. The summed E-state index contributed by atoms with van der Waals surface area (Å²) in [7, 11) is 0. The van der Waals surface area contributed by atoms with Crippen LogP contribution in [0.5, 0.6) is 0 Å². The first-order chi connectivity index (χ1) is 3.13. The van der Waals surface area contributed by atoms with E-state index in [2.05, 4.69) is 5.32 Å². The van der Waals surface area contributed by atoms with Crippen LogP contribution in [0, 0.1) is 0 Å². The van der Waals surface area contributed by atoms with E-state index in [4.69, 9.17) is 5.11 Å². The zero-order valence-corrected chi connectivity index (χ0v) is 4.43. The van der Waals surface area contributed by atoms with E-state index in [9.17, 15) is 4.79 Å². The molecule has 1 atom stereocenters. The van der Waals surface area contributed by atoms with Gasteiger partial charge in [0, 0.05) is 6.92 Å². The van der Waals surface area contributed by atoms with Gasteiger partial charge >= 0.3 is 0 Å². The van der Waals surface area contributed by atoms with Crippen molar-refractivity contribution < 1.29 is 9.90 Å². The van der Waals surface area contributed by atoms with Crippen LogP contribution >= 0.6 is 0 Å². The van der Waals surface area contributed by atoms with Gasteiger partial charge in [-0.2, -0.15) is 0 Å².